The maximum absolute atomic E-state index is 11.9. The van der Waals surface area contributed by atoms with Gasteiger partial charge in [0, 0.05) is 26.8 Å². The molecule has 1 fully saturated rings. The molecule has 0 bridgehead atoms. The van der Waals surface area contributed by atoms with E-state index in [1.54, 1.807) is 0 Å². The molecule has 0 amide bonds. The average molecular weight is 302 g/mol. The minimum absolute atomic E-state index is 0.0950. The van der Waals surface area contributed by atoms with Crippen LogP contribution in [0.3, 0.4) is 0 Å². The van der Waals surface area contributed by atoms with Crippen molar-refractivity contribution in [3.63, 3.8) is 0 Å². The zero-order valence-electron chi connectivity index (χ0n) is 11.3. The van der Waals surface area contributed by atoms with Crippen LogP contribution in [0.1, 0.15) is 29.4 Å². The molecule has 106 valence electrons. The maximum Gasteiger partial charge on any atom is 0.180 e. The van der Waals surface area contributed by atoms with Crippen molar-refractivity contribution < 1.29 is 13.2 Å². The van der Waals surface area contributed by atoms with Gasteiger partial charge in [0.05, 0.1) is 10.6 Å². The normalized spacial score (nSPS) is 15.5. The zero-order chi connectivity index (χ0) is 14.4. The molecule has 2 rings (SSSR count). The first-order valence-electron chi connectivity index (χ1n) is 6.06. The van der Waals surface area contributed by atoms with Crippen LogP contribution in [0.25, 0.3) is 0 Å². The highest BCUT2D eigenvalue weighted by Crippen LogP contribution is 2.42. The van der Waals surface area contributed by atoms with Crippen molar-refractivity contribution in [1.82, 2.24) is 0 Å². The number of nitrogens with two attached hydrogens (primary N) is 1. The number of thiophene rings is 1. The highest BCUT2D eigenvalue weighted by molar-refractivity contribution is 7.91. The van der Waals surface area contributed by atoms with Crippen LogP contribution in [-0.4, -0.2) is 34.0 Å². The topological polar surface area (TPSA) is 80.5 Å². The molecule has 5 nitrogen and oxygen atoms in total. The lowest BCUT2D eigenvalue weighted by molar-refractivity contribution is 0.102. The van der Waals surface area contributed by atoms with E-state index in [1.165, 1.54) is 31.1 Å². The Labute approximate surface area is 117 Å². The van der Waals surface area contributed by atoms with E-state index < -0.39 is 9.84 Å². The fraction of sp³-hybridized carbons (Fsp3) is 0.583. The predicted octanol–water partition coefficient (Wildman–Crippen LogP) is 1.78. The van der Waals surface area contributed by atoms with Crippen LogP contribution in [0.2, 0.25) is 0 Å². The van der Waals surface area contributed by atoms with Gasteiger partial charge in [-0.25, -0.2) is 8.42 Å². The molecule has 7 heteroatoms. The number of carbonyl (C=O) groups excluding carboxylic acids is 1. The average Bonchev–Trinajstić information content (AvgIpc) is 2.97. The largest absolute Gasteiger partial charge is 0.396 e. The third-order valence-electron chi connectivity index (χ3n) is 3.15. The van der Waals surface area contributed by atoms with Crippen LogP contribution in [0.15, 0.2) is 4.90 Å². The van der Waals surface area contributed by atoms with Gasteiger partial charge in [-0.15, -0.1) is 11.3 Å². The highest BCUT2D eigenvalue weighted by Gasteiger charge is 2.30. The van der Waals surface area contributed by atoms with Crippen molar-refractivity contribution in [3.05, 3.63) is 4.88 Å². The molecule has 1 heterocycles. The fourth-order valence-electron chi connectivity index (χ4n) is 2.06. The quantitative estimate of drug-likeness (QED) is 0.839. The van der Waals surface area contributed by atoms with Gasteiger partial charge in [0.25, 0.3) is 0 Å². The molecule has 0 atom stereocenters. The number of nitrogens with zero attached hydrogens (tertiary/aromatic N) is 1. The number of rotatable bonds is 5. The second-order valence-electron chi connectivity index (χ2n) is 5.13. The minimum Gasteiger partial charge on any atom is -0.396 e. The van der Waals surface area contributed by atoms with E-state index in [9.17, 15) is 13.2 Å². The van der Waals surface area contributed by atoms with Gasteiger partial charge in [-0.05, 0) is 18.8 Å². The van der Waals surface area contributed by atoms with Gasteiger partial charge in [-0.1, -0.05) is 0 Å². The second kappa shape index (κ2) is 4.79. The Kier molecular flexibility index (Phi) is 3.61. The Balaban J connectivity index is 2.51. The monoisotopic (exact) mass is 302 g/mol. The number of nitrogen functional groups attached to an aromatic ring is 1. The van der Waals surface area contributed by atoms with Gasteiger partial charge in [0.15, 0.2) is 15.6 Å². The maximum atomic E-state index is 11.9. The molecule has 1 aliphatic rings. The molecule has 1 saturated carbocycles. The van der Waals surface area contributed by atoms with Gasteiger partial charge in [-0.3, -0.25) is 4.79 Å². The van der Waals surface area contributed by atoms with Gasteiger partial charge < -0.3 is 10.6 Å². The molecular formula is C12H18N2O3S2. The third kappa shape index (κ3) is 2.92. The Morgan fingerprint density at radius 1 is 1.47 bits per heavy atom. The van der Waals surface area contributed by atoms with E-state index in [0.29, 0.717) is 15.8 Å². The van der Waals surface area contributed by atoms with Crippen LogP contribution in [0, 0.1) is 5.92 Å². The summed E-state index contributed by atoms with van der Waals surface area (Å²) < 4.78 is 23.8. The molecule has 0 radical (unpaired) electrons. The summed E-state index contributed by atoms with van der Waals surface area (Å²) in [6, 6.07) is 0. The lowest BCUT2D eigenvalue weighted by Crippen LogP contribution is -2.20. The molecule has 0 aliphatic heterocycles. The van der Waals surface area contributed by atoms with Crippen LogP contribution in [-0.2, 0) is 9.84 Å². The second-order valence-corrected chi connectivity index (χ2v) is 8.08. The number of carbonyl (C=O) groups is 1. The fourth-order valence-corrected chi connectivity index (χ4v) is 4.66. The predicted molar refractivity (Wildman–Crippen MR) is 77.8 cm³/mol. The Morgan fingerprint density at radius 2 is 2.05 bits per heavy atom. The minimum atomic E-state index is -3.45. The first-order valence-corrected chi connectivity index (χ1v) is 8.77. The van der Waals surface area contributed by atoms with Crippen molar-refractivity contribution in [1.29, 1.82) is 0 Å². The van der Waals surface area contributed by atoms with E-state index in [0.717, 1.165) is 12.8 Å². The molecule has 0 saturated heterocycles. The van der Waals surface area contributed by atoms with Crippen molar-refractivity contribution in [3.8, 4) is 0 Å². The van der Waals surface area contributed by atoms with Crippen molar-refractivity contribution >= 4 is 37.6 Å². The summed E-state index contributed by atoms with van der Waals surface area (Å²) in [5, 5.41) is 0.581. The lowest BCUT2D eigenvalue weighted by atomic mass is 10.3. The number of anilines is 2. The molecule has 1 aromatic rings. The molecule has 1 aromatic heterocycles. The molecular weight excluding hydrogens is 284 g/mol. The number of hydrogen-bond donors (Lipinski definition) is 1. The number of hydrogen-bond acceptors (Lipinski definition) is 6. The Bertz CT molecular complexity index is 615. The van der Waals surface area contributed by atoms with Gasteiger partial charge in [0.2, 0.25) is 0 Å². The molecule has 1 aliphatic carbocycles. The summed E-state index contributed by atoms with van der Waals surface area (Å²) in [4.78, 5) is 13.9. The van der Waals surface area contributed by atoms with Crippen LogP contribution >= 0.6 is 11.3 Å². The van der Waals surface area contributed by atoms with E-state index >= 15 is 0 Å². The summed E-state index contributed by atoms with van der Waals surface area (Å²) in [6.07, 6.45) is 3.49. The summed E-state index contributed by atoms with van der Waals surface area (Å²) in [6.45, 7) is 2.21. The number of sulfone groups is 1. The Morgan fingerprint density at radius 3 is 2.47 bits per heavy atom. The van der Waals surface area contributed by atoms with E-state index in [1.807, 2.05) is 11.9 Å². The highest BCUT2D eigenvalue weighted by atomic mass is 32.2. The number of Topliss-reactive ketones (excluding diaryl/α,β-unsaturated/α-hetero) is 1. The van der Waals surface area contributed by atoms with Gasteiger partial charge in [0.1, 0.15) is 9.90 Å². The Hall–Kier alpha value is -1.08. The molecule has 0 unspecified atom stereocenters. The lowest BCUT2D eigenvalue weighted by Gasteiger charge is -2.18. The molecule has 0 spiro atoms. The summed E-state index contributed by atoms with van der Waals surface area (Å²) >= 11 is 1.17. The first kappa shape index (κ1) is 14.3. The zero-order valence-corrected chi connectivity index (χ0v) is 12.9. The van der Waals surface area contributed by atoms with Crippen molar-refractivity contribution in [2.45, 2.75) is 24.7 Å². The smallest absolute Gasteiger partial charge is 0.180 e. The standard InChI is InChI=1S/C12H18N2O3S2/c1-7(15)10-9(13)11(19(3,16)17)12(18-10)14(2)6-8-4-5-8/h8H,4-6,13H2,1-3H3. The van der Waals surface area contributed by atoms with Gasteiger partial charge >= 0.3 is 0 Å². The first-order chi connectivity index (χ1) is 8.71. The summed E-state index contributed by atoms with van der Waals surface area (Å²) in [5.74, 6) is 0.431. The van der Waals surface area contributed by atoms with Crippen molar-refractivity contribution in [2.75, 3.05) is 30.5 Å². The van der Waals surface area contributed by atoms with E-state index in [2.05, 4.69) is 0 Å². The molecule has 2 N–H and O–H groups in total. The SMILES string of the molecule is CC(=O)c1sc(N(C)CC2CC2)c(S(C)(=O)=O)c1N. The molecule has 0 aromatic carbocycles. The molecule has 19 heavy (non-hydrogen) atoms. The summed E-state index contributed by atoms with van der Waals surface area (Å²) in [7, 11) is -1.60. The van der Waals surface area contributed by atoms with E-state index in [4.69, 9.17) is 5.73 Å². The summed E-state index contributed by atoms with van der Waals surface area (Å²) in [5.41, 5.74) is 5.95. The third-order valence-corrected chi connectivity index (χ3v) is 5.85. The van der Waals surface area contributed by atoms with Crippen LogP contribution < -0.4 is 10.6 Å². The number of ketones is 1. The van der Waals surface area contributed by atoms with Gasteiger partial charge in [-0.2, -0.15) is 0 Å². The van der Waals surface area contributed by atoms with Crippen LogP contribution in [0.5, 0.6) is 0 Å². The van der Waals surface area contributed by atoms with E-state index in [-0.39, 0.29) is 16.4 Å². The van der Waals surface area contributed by atoms with Crippen molar-refractivity contribution in [2.24, 2.45) is 5.92 Å². The van der Waals surface area contributed by atoms with Crippen LogP contribution in [0.4, 0.5) is 10.7 Å².